The molecule has 1 atom stereocenters. The average Bonchev–Trinajstić information content (AvgIpc) is 2.45. The Morgan fingerprint density at radius 1 is 1.29 bits per heavy atom. The number of carbonyl (C=O) groups is 2. The van der Waals surface area contributed by atoms with Crippen LogP contribution in [0, 0.1) is 0 Å². The third kappa shape index (κ3) is 4.79. The molecule has 1 aromatic rings. The number of aldehydes is 1. The molecule has 0 heterocycles. The van der Waals surface area contributed by atoms with Crippen molar-refractivity contribution in [3.63, 3.8) is 0 Å². The first kappa shape index (κ1) is 17.6. The molecule has 0 fully saturated rings. The maximum Gasteiger partial charge on any atom is 0.334 e. The van der Waals surface area contributed by atoms with E-state index in [1.165, 1.54) is 0 Å². The molecule has 0 spiro atoms. The van der Waals surface area contributed by atoms with Gasteiger partial charge in [0.2, 0.25) is 8.32 Å². The summed E-state index contributed by atoms with van der Waals surface area (Å²) in [5.74, 6) is -0.402. The molecule has 4 nitrogen and oxygen atoms in total. The van der Waals surface area contributed by atoms with Crippen molar-refractivity contribution < 1.29 is 18.8 Å². The van der Waals surface area contributed by atoms with Crippen molar-refractivity contribution in [1.82, 2.24) is 0 Å². The molecule has 116 valence electrons. The fourth-order valence-electron chi connectivity index (χ4n) is 1.63. The zero-order chi connectivity index (χ0) is 16.1. The zero-order valence-electron chi connectivity index (χ0n) is 13.4. The van der Waals surface area contributed by atoms with Crippen molar-refractivity contribution in [2.24, 2.45) is 0 Å². The van der Waals surface area contributed by atoms with Gasteiger partial charge in [-0.05, 0) is 25.6 Å². The SMILES string of the molecule is CC(O[Si](C)(C)C(C)(C)C=O)C(=O)OCc1ccccc1. The van der Waals surface area contributed by atoms with Crippen LogP contribution in [0.5, 0.6) is 0 Å². The third-order valence-electron chi connectivity index (χ3n) is 3.87. The number of carbonyl (C=O) groups excluding carboxylic acids is 2. The maximum absolute atomic E-state index is 12.0. The molecule has 1 aromatic carbocycles. The van der Waals surface area contributed by atoms with E-state index in [-0.39, 0.29) is 6.61 Å². The van der Waals surface area contributed by atoms with E-state index in [1.54, 1.807) is 6.92 Å². The number of hydrogen-bond donors (Lipinski definition) is 0. The van der Waals surface area contributed by atoms with Gasteiger partial charge in [-0.15, -0.1) is 0 Å². The van der Waals surface area contributed by atoms with E-state index >= 15 is 0 Å². The van der Waals surface area contributed by atoms with Crippen LogP contribution in [-0.2, 0) is 25.4 Å². The van der Waals surface area contributed by atoms with Gasteiger partial charge in [0.25, 0.3) is 0 Å². The fraction of sp³-hybridized carbons (Fsp3) is 0.500. The van der Waals surface area contributed by atoms with Gasteiger partial charge in [-0.3, -0.25) is 0 Å². The number of rotatable bonds is 7. The van der Waals surface area contributed by atoms with Crippen LogP contribution >= 0.6 is 0 Å². The Labute approximate surface area is 127 Å². The molecule has 0 amide bonds. The smallest absolute Gasteiger partial charge is 0.334 e. The number of ether oxygens (including phenoxy) is 1. The van der Waals surface area contributed by atoms with Crippen LogP contribution in [0.4, 0.5) is 0 Å². The molecule has 0 aliphatic carbocycles. The van der Waals surface area contributed by atoms with Gasteiger partial charge in [-0.2, -0.15) is 0 Å². The Morgan fingerprint density at radius 2 is 1.86 bits per heavy atom. The van der Waals surface area contributed by atoms with Crippen LogP contribution in [0.15, 0.2) is 30.3 Å². The first-order chi connectivity index (χ1) is 9.69. The van der Waals surface area contributed by atoms with E-state index in [9.17, 15) is 9.59 Å². The quantitative estimate of drug-likeness (QED) is 0.440. The lowest BCUT2D eigenvalue weighted by Gasteiger charge is -2.36. The lowest BCUT2D eigenvalue weighted by molar-refractivity contribution is -0.153. The van der Waals surface area contributed by atoms with Crippen LogP contribution in [0.2, 0.25) is 18.1 Å². The zero-order valence-corrected chi connectivity index (χ0v) is 14.4. The predicted octanol–water partition coefficient (Wildman–Crippen LogP) is 3.32. The molecule has 0 N–H and O–H groups in total. The van der Waals surface area contributed by atoms with Crippen molar-refractivity contribution in [3.8, 4) is 0 Å². The van der Waals surface area contributed by atoms with E-state index in [0.717, 1.165) is 11.8 Å². The second kappa shape index (κ2) is 7.00. The largest absolute Gasteiger partial charge is 0.459 e. The molecular formula is C16H24O4Si. The van der Waals surface area contributed by atoms with E-state index in [1.807, 2.05) is 57.3 Å². The number of hydrogen-bond acceptors (Lipinski definition) is 4. The molecule has 1 rings (SSSR count). The fourth-order valence-corrected chi connectivity index (χ4v) is 3.20. The van der Waals surface area contributed by atoms with Gasteiger partial charge in [-0.25, -0.2) is 4.79 Å². The molecule has 5 heteroatoms. The van der Waals surface area contributed by atoms with E-state index < -0.39 is 25.4 Å². The lowest BCUT2D eigenvalue weighted by atomic mass is 10.2. The Morgan fingerprint density at radius 3 is 2.38 bits per heavy atom. The standard InChI is InChI=1S/C16H24O4Si/c1-13(20-21(4,5)16(2,3)12-17)15(18)19-11-14-9-7-6-8-10-14/h6-10,12-13H,11H2,1-5H3. The van der Waals surface area contributed by atoms with Gasteiger partial charge in [0, 0.05) is 5.04 Å². The highest BCUT2D eigenvalue weighted by atomic mass is 28.4. The molecule has 21 heavy (non-hydrogen) atoms. The molecular weight excluding hydrogens is 284 g/mol. The summed E-state index contributed by atoms with van der Waals surface area (Å²) < 4.78 is 11.1. The highest BCUT2D eigenvalue weighted by Gasteiger charge is 2.43. The average molecular weight is 308 g/mol. The number of benzene rings is 1. The summed E-state index contributed by atoms with van der Waals surface area (Å²) in [7, 11) is -2.33. The third-order valence-corrected chi connectivity index (χ3v) is 8.04. The van der Waals surface area contributed by atoms with Crippen LogP contribution in [0.3, 0.4) is 0 Å². The molecule has 0 saturated heterocycles. The highest BCUT2D eigenvalue weighted by molar-refractivity contribution is 6.77. The summed E-state index contributed by atoms with van der Waals surface area (Å²) in [5, 5.41) is -0.555. The topological polar surface area (TPSA) is 52.6 Å². The highest BCUT2D eigenvalue weighted by Crippen LogP contribution is 2.35. The van der Waals surface area contributed by atoms with Crippen molar-refractivity contribution in [3.05, 3.63) is 35.9 Å². The van der Waals surface area contributed by atoms with Crippen LogP contribution in [0.1, 0.15) is 26.3 Å². The molecule has 0 aliphatic rings. The second-order valence-corrected chi connectivity index (χ2v) is 10.7. The van der Waals surface area contributed by atoms with E-state index in [0.29, 0.717) is 0 Å². The first-order valence-electron chi connectivity index (χ1n) is 7.04. The van der Waals surface area contributed by atoms with Crippen LogP contribution < -0.4 is 0 Å². The maximum atomic E-state index is 12.0. The summed E-state index contributed by atoms with van der Waals surface area (Å²) >= 11 is 0. The summed E-state index contributed by atoms with van der Waals surface area (Å²) in [6, 6.07) is 9.49. The summed E-state index contributed by atoms with van der Waals surface area (Å²) in [6.07, 6.45) is 0.232. The summed E-state index contributed by atoms with van der Waals surface area (Å²) in [6.45, 7) is 9.45. The minimum absolute atomic E-state index is 0.229. The Kier molecular flexibility index (Phi) is 5.86. The minimum Gasteiger partial charge on any atom is -0.459 e. The molecule has 1 unspecified atom stereocenters. The van der Waals surface area contributed by atoms with Crippen molar-refractivity contribution in [1.29, 1.82) is 0 Å². The minimum atomic E-state index is -2.33. The van der Waals surface area contributed by atoms with Gasteiger partial charge in [0.1, 0.15) is 19.0 Å². The van der Waals surface area contributed by atoms with Gasteiger partial charge in [0.05, 0.1) is 0 Å². The predicted molar refractivity (Wildman–Crippen MR) is 84.4 cm³/mol. The Bertz CT molecular complexity index is 482. The molecule has 0 bridgehead atoms. The first-order valence-corrected chi connectivity index (χ1v) is 9.95. The van der Waals surface area contributed by atoms with Crippen LogP contribution in [-0.4, -0.2) is 26.7 Å². The second-order valence-electron chi connectivity index (χ2n) is 6.20. The van der Waals surface area contributed by atoms with Crippen LogP contribution in [0.25, 0.3) is 0 Å². The van der Waals surface area contributed by atoms with Gasteiger partial charge in [0.15, 0.2) is 0 Å². The van der Waals surface area contributed by atoms with E-state index in [4.69, 9.17) is 9.16 Å². The monoisotopic (exact) mass is 308 g/mol. The van der Waals surface area contributed by atoms with E-state index in [2.05, 4.69) is 0 Å². The summed E-state index contributed by atoms with van der Waals surface area (Å²) in [5.41, 5.74) is 0.933. The van der Waals surface area contributed by atoms with Gasteiger partial charge in [-0.1, -0.05) is 44.2 Å². The lowest BCUT2D eigenvalue weighted by Crippen LogP contribution is -2.47. The Hall–Kier alpha value is -1.46. The molecule has 0 aliphatic heterocycles. The van der Waals surface area contributed by atoms with Crippen molar-refractivity contribution in [2.75, 3.05) is 0 Å². The van der Waals surface area contributed by atoms with Gasteiger partial charge >= 0.3 is 5.97 Å². The van der Waals surface area contributed by atoms with Gasteiger partial charge < -0.3 is 14.0 Å². The summed E-state index contributed by atoms with van der Waals surface area (Å²) in [4.78, 5) is 23.2. The number of esters is 1. The molecule has 0 radical (unpaired) electrons. The normalized spacial score (nSPS) is 13.6. The molecule has 0 saturated carbocycles. The Balaban J connectivity index is 2.57. The van der Waals surface area contributed by atoms with Crippen molar-refractivity contribution >= 4 is 20.6 Å². The molecule has 0 aromatic heterocycles. The van der Waals surface area contributed by atoms with Crippen molar-refractivity contribution in [2.45, 2.75) is 51.6 Å².